The third-order valence-electron chi connectivity index (χ3n) is 1.94. The van der Waals surface area contributed by atoms with Gasteiger partial charge in [0.1, 0.15) is 11.6 Å². The highest BCUT2D eigenvalue weighted by molar-refractivity contribution is 5.61. The summed E-state index contributed by atoms with van der Waals surface area (Å²) in [7, 11) is 1.64. The fourth-order valence-corrected chi connectivity index (χ4v) is 1.08. The van der Waals surface area contributed by atoms with E-state index in [1.165, 1.54) is 0 Å². The maximum Gasteiger partial charge on any atom is 0.149 e. The molecule has 0 aliphatic rings. The molecule has 1 rings (SSSR count). The van der Waals surface area contributed by atoms with Crippen molar-refractivity contribution in [2.45, 2.75) is 0 Å². The molecular weight excluding hydrogens is 208 g/mol. The number of nitrogens with two attached hydrogens (primary N) is 2. The molecule has 1 aromatic heterocycles. The second kappa shape index (κ2) is 6.86. The van der Waals surface area contributed by atoms with Gasteiger partial charge in [0, 0.05) is 13.7 Å². The van der Waals surface area contributed by atoms with Gasteiger partial charge in [-0.25, -0.2) is 4.98 Å². The minimum Gasteiger partial charge on any atom is -0.396 e. The molecular formula is C10H18N4O2. The third kappa shape index (κ3) is 4.33. The molecule has 0 aliphatic carbocycles. The molecule has 5 N–H and O–H groups in total. The Hall–Kier alpha value is -1.53. The smallest absolute Gasteiger partial charge is 0.149 e. The highest BCUT2D eigenvalue weighted by Gasteiger charge is 1.98. The molecule has 90 valence electrons. The highest BCUT2D eigenvalue weighted by Crippen LogP contribution is 2.13. The molecule has 1 heterocycles. The molecule has 0 amide bonds. The molecule has 0 spiro atoms. The molecule has 0 saturated carbocycles. The van der Waals surface area contributed by atoms with E-state index >= 15 is 0 Å². The van der Waals surface area contributed by atoms with Gasteiger partial charge in [0.25, 0.3) is 0 Å². The second-order valence-corrected chi connectivity index (χ2v) is 3.20. The van der Waals surface area contributed by atoms with Crippen molar-refractivity contribution in [3.63, 3.8) is 0 Å². The van der Waals surface area contributed by atoms with E-state index in [0.717, 1.165) is 0 Å². The van der Waals surface area contributed by atoms with Crippen molar-refractivity contribution in [1.82, 2.24) is 4.98 Å². The SMILES string of the molecule is COCCOCCNc1ccc(N)c(N)n1. The van der Waals surface area contributed by atoms with Crippen LogP contribution in [-0.4, -0.2) is 38.5 Å². The van der Waals surface area contributed by atoms with Gasteiger partial charge in [-0.05, 0) is 12.1 Å². The zero-order valence-electron chi connectivity index (χ0n) is 9.40. The second-order valence-electron chi connectivity index (χ2n) is 3.20. The van der Waals surface area contributed by atoms with Gasteiger partial charge in [0.2, 0.25) is 0 Å². The number of nitrogens with zero attached hydrogens (tertiary/aromatic N) is 1. The van der Waals surface area contributed by atoms with Crippen molar-refractivity contribution in [3.8, 4) is 0 Å². The number of hydrogen-bond donors (Lipinski definition) is 3. The summed E-state index contributed by atoms with van der Waals surface area (Å²) in [5.41, 5.74) is 11.6. The van der Waals surface area contributed by atoms with E-state index in [1.54, 1.807) is 19.2 Å². The van der Waals surface area contributed by atoms with Gasteiger partial charge in [0.15, 0.2) is 0 Å². The Bertz CT molecular complexity index is 320. The molecule has 0 aliphatic heterocycles. The highest BCUT2D eigenvalue weighted by atomic mass is 16.5. The molecule has 0 atom stereocenters. The van der Waals surface area contributed by atoms with Crippen LogP contribution in [0.15, 0.2) is 12.1 Å². The average molecular weight is 226 g/mol. The minimum atomic E-state index is 0.338. The number of hydrogen-bond acceptors (Lipinski definition) is 6. The molecule has 0 radical (unpaired) electrons. The van der Waals surface area contributed by atoms with Gasteiger partial charge in [-0.3, -0.25) is 0 Å². The largest absolute Gasteiger partial charge is 0.396 e. The molecule has 0 fully saturated rings. The van der Waals surface area contributed by atoms with Crippen LogP contribution >= 0.6 is 0 Å². The first kappa shape index (κ1) is 12.5. The molecule has 6 heteroatoms. The van der Waals surface area contributed by atoms with Crippen molar-refractivity contribution < 1.29 is 9.47 Å². The van der Waals surface area contributed by atoms with Crippen molar-refractivity contribution >= 4 is 17.3 Å². The lowest BCUT2D eigenvalue weighted by molar-refractivity contribution is 0.0759. The van der Waals surface area contributed by atoms with E-state index in [2.05, 4.69) is 10.3 Å². The Morgan fingerprint density at radius 1 is 1.25 bits per heavy atom. The Labute approximate surface area is 94.9 Å². The lowest BCUT2D eigenvalue weighted by Crippen LogP contribution is -2.13. The number of methoxy groups -OCH3 is 1. The first-order valence-electron chi connectivity index (χ1n) is 5.06. The van der Waals surface area contributed by atoms with Crippen LogP contribution in [0.2, 0.25) is 0 Å². The van der Waals surface area contributed by atoms with Crippen molar-refractivity contribution in [2.24, 2.45) is 0 Å². The van der Waals surface area contributed by atoms with Crippen LogP contribution in [0.1, 0.15) is 0 Å². The number of pyridine rings is 1. The van der Waals surface area contributed by atoms with Crippen LogP contribution in [0.5, 0.6) is 0 Å². The predicted molar refractivity (Wildman–Crippen MR) is 64.2 cm³/mol. The topological polar surface area (TPSA) is 95.4 Å². The Kier molecular flexibility index (Phi) is 5.38. The number of anilines is 3. The maximum atomic E-state index is 5.57. The molecule has 0 unspecified atom stereocenters. The van der Waals surface area contributed by atoms with Crippen LogP contribution in [0.3, 0.4) is 0 Å². The standard InChI is InChI=1S/C10H18N4O2/c1-15-6-7-16-5-4-13-9-3-2-8(11)10(12)14-9/h2-3H,4-7,11H2,1H3,(H3,12,13,14). The lowest BCUT2D eigenvalue weighted by Gasteiger charge is -2.07. The summed E-state index contributed by atoms with van der Waals surface area (Å²) in [6.45, 7) is 2.46. The summed E-state index contributed by atoms with van der Waals surface area (Å²) < 4.78 is 10.1. The van der Waals surface area contributed by atoms with Crippen LogP contribution in [-0.2, 0) is 9.47 Å². The van der Waals surface area contributed by atoms with Gasteiger partial charge < -0.3 is 26.3 Å². The number of rotatable bonds is 7. The van der Waals surface area contributed by atoms with E-state index in [4.69, 9.17) is 20.9 Å². The summed E-state index contributed by atoms with van der Waals surface area (Å²) in [6.07, 6.45) is 0. The van der Waals surface area contributed by atoms with E-state index < -0.39 is 0 Å². The van der Waals surface area contributed by atoms with Crippen LogP contribution in [0.25, 0.3) is 0 Å². The Morgan fingerprint density at radius 2 is 2.06 bits per heavy atom. The summed E-state index contributed by atoms with van der Waals surface area (Å²) in [6, 6.07) is 3.50. The van der Waals surface area contributed by atoms with E-state index in [1.807, 2.05) is 0 Å². The van der Waals surface area contributed by atoms with Crippen molar-refractivity contribution in [1.29, 1.82) is 0 Å². The molecule has 0 bridgehead atoms. The third-order valence-corrected chi connectivity index (χ3v) is 1.94. The first-order chi connectivity index (χ1) is 7.74. The van der Waals surface area contributed by atoms with Gasteiger partial charge in [-0.2, -0.15) is 0 Å². The van der Waals surface area contributed by atoms with E-state index in [-0.39, 0.29) is 0 Å². The summed E-state index contributed by atoms with van der Waals surface area (Å²) in [5, 5.41) is 3.08. The molecule has 16 heavy (non-hydrogen) atoms. The van der Waals surface area contributed by atoms with Gasteiger partial charge >= 0.3 is 0 Å². The summed E-state index contributed by atoms with van der Waals surface area (Å²) in [4.78, 5) is 4.07. The summed E-state index contributed by atoms with van der Waals surface area (Å²) in [5.74, 6) is 1.03. The van der Waals surface area contributed by atoms with Gasteiger partial charge in [0.05, 0.1) is 25.5 Å². The van der Waals surface area contributed by atoms with Crippen LogP contribution in [0, 0.1) is 0 Å². The van der Waals surface area contributed by atoms with E-state index in [9.17, 15) is 0 Å². The average Bonchev–Trinajstić information content (AvgIpc) is 2.28. The normalized spacial score (nSPS) is 10.3. The zero-order valence-corrected chi connectivity index (χ0v) is 9.40. The fraction of sp³-hybridized carbons (Fsp3) is 0.500. The van der Waals surface area contributed by atoms with Crippen LogP contribution < -0.4 is 16.8 Å². The number of nitrogens with one attached hydrogen (secondary N) is 1. The van der Waals surface area contributed by atoms with Gasteiger partial charge in [-0.15, -0.1) is 0 Å². The van der Waals surface area contributed by atoms with E-state index in [0.29, 0.717) is 43.7 Å². The predicted octanol–water partition coefficient (Wildman–Crippen LogP) is 0.321. The van der Waals surface area contributed by atoms with Crippen molar-refractivity contribution in [3.05, 3.63) is 12.1 Å². The number of aromatic nitrogens is 1. The first-order valence-corrected chi connectivity index (χ1v) is 5.06. The quantitative estimate of drug-likeness (QED) is 0.579. The van der Waals surface area contributed by atoms with Gasteiger partial charge in [-0.1, -0.05) is 0 Å². The minimum absolute atomic E-state index is 0.338. The van der Waals surface area contributed by atoms with Crippen molar-refractivity contribution in [2.75, 3.05) is 50.3 Å². The molecule has 0 aromatic carbocycles. The monoisotopic (exact) mass is 226 g/mol. The number of ether oxygens (including phenoxy) is 2. The molecule has 1 aromatic rings. The maximum absolute atomic E-state index is 5.57. The Morgan fingerprint density at radius 3 is 2.75 bits per heavy atom. The zero-order chi connectivity index (χ0) is 11.8. The summed E-state index contributed by atoms with van der Waals surface area (Å²) >= 11 is 0. The number of nitrogen functional groups attached to an aromatic ring is 2. The fourth-order valence-electron chi connectivity index (χ4n) is 1.08. The molecule has 6 nitrogen and oxygen atoms in total. The Balaban J connectivity index is 2.19. The lowest BCUT2D eigenvalue weighted by atomic mass is 10.4. The van der Waals surface area contributed by atoms with Crippen LogP contribution in [0.4, 0.5) is 17.3 Å². The molecule has 0 saturated heterocycles.